The van der Waals surface area contributed by atoms with Crippen LogP contribution in [0.3, 0.4) is 0 Å². The second kappa shape index (κ2) is 9.50. The van der Waals surface area contributed by atoms with Crippen molar-refractivity contribution in [3.8, 4) is 0 Å². The molecule has 3 N–H and O–H groups in total. The van der Waals surface area contributed by atoms with E-state index in [9.17, 15) is 19.2 Å². The summed E-state index contributed by atoms with van der Waals surface area (Å²) in [7, 11) is 0. The number of anilines is 1. The van der Waals surface area contributed by atoms with E-state index in [1.807, 2.05) is 30.3 Å². The largest absolute Gasteiger partial charge is 0.334 e. The normalized spacial score (nSPS) is 13.3. The minimum absolute atomic E-state index is 0.163. The summed E-state index contributed by atoms with van der Waals surface area (Å²) in [5, 5.41) is 7.86. The first-order chi connectivity index (χ1) is 14.0. The van der Waals surface area contributed by atoms with E-state index in [1.165, 1.54) is 4.90 Å². The summed E-state index contributed by atoms with van der Waals surface area (Å²) in [6, 6.07) is 15.9. The van der Waals surface area contributed by atoms with Crippen LogP contribution in [0.4, 0.5) is 10.5 Å². The lowest BCUT2D eigenvalue weighted by molar-refractivity contribution is -0.139. The van der Waals surface area contributed by atoms with E-state index in [0.29, 0.717) is 12.2 Å². The number of nitrogens with one attached hydrogen (secondary N) is 3. The molecule has 29 heavy (non-hydrogen) atoms. The first-order valence-electron chi connectivity index (χ1n) is 9.29. The molecule has 0 unspecified atom stereocenters. The lowest BCUT2D eigenvalue weighted by Crippen LogP contribution is -2.39. The fraction of sp³-hybridized carbons (Fsp3) is 0.238. The van der Waals surface area contributed by atoms with Crippen molar-refractivity contribution in [2.75, 3.05) is 11.9 Å². The van der Waals surface area contributed by atoms with Gasteiger partial charge in [-0.15, -0.1) is 0 Å². The monoisotopic (exact) mass is 394 g/mol. The molecule has 150 valence electrons. The molecular formula is C21H22N4O4. The standard InChI is InChI=1S/C21H22N4O4/c26-18(13-23-21(29)22-12-15-4-2-1-3-5-15)24-17-8-6-16(7-9-17)14-25-19(27)10-11-20(25)28/h1-9H,10-14H2,(H,24,26)(H2,22,23,29). The van der Waals surface area contributed by atoms with Crippen LogP contribution in [0.1, 0.15) is 24.0 Å². The number of benzene rings is 2. The fourth-order valence-corrected chi connectivity index (χ4v) is 2.88. The van der Waals surface area contributed by atoms with E-state index >= 15 is 0 Å². The zero-order valence-electron chi connectivity index (χ0n) is 15.8. The number of imide groups is 1. The number of nitrogens with zero attached hydrogens (tertiary/aromatic N) is 1. The lowest BCUT2D eigenvalue weighted by atomic mass is 10.2. The molecular weight excluding hydrogens is 372 g/mol. The van der Waals surface area contributed by atoms with E-state index in [0.717, 1.165) is 11.1 Å². The third kappa shape index (κ3) is 5.90. The van der Waals surface area contributed by atoms with E-state index in [4.69, 9.17) is 0 Å². The van der Waals surface area contributed by atoms with Gasteiger partial charge < -0.3 is 16.0 Å². The van der Waals surface area contributed by atoms with E-state index in [1.54, 1.807) is 24.3 Å². The molecule has 1 fully saturated rings. The number of urea groups is 1. The Balaban J connectivity index is 1.40. The van der Waals surface area contributed by atoms with Crippen molar-refractivity contribution < 1.29 is 19.2 Å². The maximum Gasteiger partial charge on any atom is 0.315 e. The molecule has 1 heterocycles. The Kier molecular flexibility index (Phi) is 6.57. The van der Waals surface area contributed by atoms with Crippen LogP contribution in [-0.2, 0) is 27.5 Å². The molecule has 0 radical (unpaired) electrons. The SMILES string of the molecule is O=C(CNC(=O)NCc1ccccc1)Nc1ccc(CN2C(=O)CCC2=O)cc1. The molecule has 0 atom stereocenters. The zero-order valence-corrected chi connectivity index (χ0v) is 15.8. The Labute approximate surface area is 168 Å². The van der Waals surface area contributed by atoms with Gasteiger partial charge in [0.15, 0.2) is 0 Å². The van der Waals surface area contributed by atoms with Crippen LogP contribution < -0.4 is 16.0 Å². The van der Waals surface area contributed by atoms with Gasteiger partial charge in [-0.3, -0.25) is 19.3 Å². The van der Waals surface area contributed by atoms with Crippen LogP contribution in [0.2, 0.25) is 0 Å². The Morgan fingerprint density at radius 1 is 0.828 bits per heavy atom. The van der Waals surface area contributed by atoms with Gasteiger partial charge in [-0.25, -0.2) is 4.79 Å². The van der Waals surface area contributed by atoms with Gasteiger partial charge in [-0.05, 0) is 23.3 Å². The van der Waals surface area contributed by atoms with Crippen LogP contribution in [0, 0.1) is 0 Å². The highest BCUT2D eigenvalue weighted by Gasteiger charge is 2.28. The molecule has 0 aliphatic carbocycles. The van der Waals surface area contributed by atoms with E-state index in [-0.39, 0.29) is 43.7 Å². The average Bonchev–Trinajstić information content (AvgIpc) is 3.05. The summed E-state index contributed by atoms with van der Waals surface area (Å²) in [4.78, 5) is 48.3. The van der Waals surface area contributed by atoms with Crippen LogP contribution in [-0.4, -0.2) is 35.2 Å². The molecule has 8 nitrogen and oxygen atoms in total. The molecule has 5 amide bonds. The van der Waals surface area contributed by atoms with Crippen LogP contribution in [0.25, 0.3) is 0 Å². The summed E-state index contributed by atoms with van der Waals surface area (Å²) in [5.41, 5.74) is 2.32. The van der Waals surface area contributed by atoms with Gasteiger partial charge >= 0.3 is 6.03 Å². The van der Waals surface area contributed by atoms with Crippen molar-refractivity contribution in [1.82, 2.24) is 15.5 Å². The highest BCUT2D eigenvalue weighted by molar-refractivity contribution is 6.01. The number of carbonyl (C=O) groups is 4. The molecule has 2 aromatic rings. The Hall–Kier alpha value is -3.68. The summed E-state index contributed by atoms with van der Waals surface area (Å²) in [6.45, 7) is 0.436. The van der Waals surface area contributed by atoms with Crippen molar-refractivity contribution in [2.24, 2.45) is 0 Å². The molecule has 1 aliphatic heterocycles. The van der Waals surface area contributed by atoms with Crippen LogP contribution >= 0.6 is 0 Å². The molecule has 1 aliphatic rings. The number of hydrogen-bond donors (Lipinski definition) is 3. The Morgan fingerprint density at radius 3 is 2.14 bits per heavy atom. The molecule has 0 bridgehead atoms. The minimum Gasteiger partial charge on any atom is -0.334 e. The number of carbonyl (C=O) groups excluding carboxylic acids is 4. The summed E-state index contributed by atoms with van der Waals surface area (Å²) >= 11 is 0. The maximum atomic E-state index is 12.0. The minimum atomic E-state index is -0.431. The zero-order chi connectivity index (χ0) is 20.6. The van der Waals surface area contributed by atoms with Crippen molar-refractivity contribution in [3.63, 3.8) is 0 Å². The van der Waals surface area contributed by atoms with Crippen molar-refractivity contribution in [2.45, 2.75) is 25.9 Å². The van der Waals surface area contributed by atoms with Gasteiger partial charge in [0, 0.05) is 25.1 Å². The van der Waals surface area contributed by atoms with E-state index < -0.39 is 6.03 Å². The fourth-order valence-electron chi connectivity index (χ4n) is 2.88. The van der Waals surface area contributed by atoms with Gasteiger partial charge in [-0.1, -0.05) is 42.5 Å². The predicted molar refractivity (Wildman–Crippen MR) is 107 cm³/mol. The van der Waals surface area contributed by atoms with Crippen molar-refractivity contribution in [3.05, 3.63) is 65.7 Å². The number of hydrogen-bond acceptors (Lipinski definition) is 4. The van der Waals surface area contributed by atoms with Crippen molar-refractivity contribution >= 4 is 29.4 Å². The second-order valence-electron chi connectivity index (χ2n) is 6.64. The molecule has 0 saturated carbocycles. The maximum absolute atomic E-state index is 12.0. The average molecular weight is 394 g/mol. The highest BCUT2D eigenvalue weighted by Crippen LogP contribution is 2.17. The van der Waals surface area contributed by atoms with Gasteiger partial charge in [0.2, 0.25) is 17.7 Å². The second-order valence-corrected chi connectivity index (χ2v) is 6.64. The Bertz CT molecular complexity index is 881. The lowest BCUT2D eigenvalue weighted by Gasteiger charge is -2.14. The number of likely N-dealkylation sites (tertiary alicyclic amines) is 1. The number of amides is 5. The van der Waals surface area contributed by atoms with Crippen molar-refractivity contribution in [1.29, 1.82) is 0 Å². The first kappa shape index (κ1) is 20.1. The van der Waals surface area contributed by atoms with Crippen LogP contribution in [0.15, 0.2) is 54.6 Å². The van der Waals surface area contributed by atoms with E-state index in [2.05, 4.69) is 16.0 Å². The molecule has 8 heteroatoms. The highest BCUT2D eigenvalue weighted by atomic mass is 16.2. The molecule has 0 aromatic heterocycles. The van der Waals surface area contributed by atoms with Gasteiger partial charge in [0.25, 0.3) is 0 Å². The summed E-state index contributed by atoms with van der Waals surface area (Å²) < 4.78 is 0. The molecule has 0 spiro atoms. The molecule has 3 rings (SSSR count). The van der Waals surface area contributed by atoms with Gasteiger partial charge in [-0.2, -0.15) is 0 Å². The predicted octanol–water partition coefficient (Wildman–Crippen LogP) is 1.77. The van der Waals surface area contributed by atoms with Gasteiger partial charge in [0.05, 0.1) is 13.1 Å². The molecule has 1 saturated heterocycles. The third-order valence-corrected chi connectivity index (χ3v) is 4.44. The quantitative estimate of drug-likeness (QED) is 0.622. The molecule has 2 aromatic carbocycles. The summed E-state index contributed by atoms with van der Waals surface area (Å²) in [6.07, 6.45) is 0.526. The van der Waals surface area contributed by atoms with Crippen LogP contribution in [0.5, 0.6) is 0 Å². The van der Waals surface area contributed by atoms with Gasteiger partial charge in [0.1, 0.15) is 0 Å². The Morgan fingerprint density at radius 2 is 1.48 bits per heavy atom. The smallest absolute Gasteiger partial charge is 0.315 e. The number of rotatable bonds is 7. The topological polar surface area (TPSA) is 108 Å². The first-order valence-corrected chi connectivity index (χ1v) is 9.29. The summed E-state index contributed by atoms with van der Waals surface area (Å²) in [5.74, 6) is -0.689. The third-order valence-electron chi connectivity index (χ3n) is 4.44.